The molecule has 1 rings (SSSR count). The fourth-order valence-electron chi connectivity index (χ4n) is 1.83. The molecular weight excluding hydrogens is 258 g/mol. The topological polar surface area (TPSA) is 102 Å². The summed E-state index contributed by atoms with van der Waals surface area (Å²) in [5.74, 6) is -0.649. The van der Waals surface area contributed by atoms with Crippen LogP contribution in [-0.4, -0.2) is 33.7 Å². The largest absolute Gasteiger partial charge is 0.395 e. The van der Waals surface area contributed by atoms with Crippen molar-refractivity contribution >= 4 is 17.5 Å². The minimum atomic E-state index is -0.402. The summed E-state index contributed by atoms with van der Waals surface area (Å²) in [6.45, 7) is 7.44. The van der Waals surface area contributed by atoms with E-state index >= 15 is 0 Å². The van der Waals surface area contributed by atoms with Crippen molar-refractivity contribution in [1.29, 1.82) is 0 Å². The standard InChI is InChI=1S/C13H23N5O2/c1-6-8-10(14)11(18(5)17-8)12(20)15-7-9(19)16-13(2,3)4/h6-7,14H2,1-5H3,(H,15,20)(H,16,19). The molecule has 1 aromatic heterocycles. The van der Waals surface area contributed by atoms with Gasteiger partial charge in [-0.2, -0.15) is 5.10 Å². The van der Waals surface area contributed by atoms with Gasteiger partial charge in [0.1, 0.15) is 5.69 Å². The fraction of sp³-hybridized carbons (Fsp3) is 0.615. The molecule has 1 heterocycles. The third-order valence-electron chi connectivity index (χ3n) is 2.63. The van der Waals surface area contributed by atoms with Gasteiger partial charge in [0.15, 0.2) is 0 Å². The average molecular weight is 281 g/mol. The summed E-state index contributed by atoms with van der Waals surface area (Å²) in [5, 5.41) is 9.48. The number of carbonyl (C=O) groups is 2. The zero-order chi connectivity index (χ0) is 15.5. The number of nitrogens with one attached hydrogen (secondary N) is 2. The van der Waals surface area contributed by atoms with Gasteiger partial charge in [-0.05, 0) is 27.2 Å². The number of carbonyl (C=O) groups excluding carboxylic acids is 2. The highest BCUT2D eigenvalue weighted by atomic mass is 16.2. The Morgan fingerprint density at radius 2 is 1.95 bits per heavy atom. The Hall–Kier alpha value is -2.05. The zero-order valence-electron chi connectivity index (χ0n) is 12.7. The summed E-state index contributed by atoms with van der Waals surface area (Å²) in [6, 6.07) is 0. The highest BCUT2D eigenvalue weighted by Crippen LogP contribution is 2.16. The first-order valence-corrected chi connectivity index (χ1v) is 6.56. The van der Waals surface area contributed by atoms with Crippen LogP contribution in [0.5, 0.6) is 0 Å². The highest BCUT2D eigenvalue weighted by Gasteiger charge is 2.20. The van der Waals surface area contributed by atoms with E-state index in [2.05, 4.69) is 15.7 Å². The molecule has 2 amide bonds. The van der Waals surface area contributed by atoms with E-state index in [0.717, 1.165) is 0 Å². The van der Waals surface area contributed by atoms with Crippen LogP contribution in [0.3, 0.4) is 0 Å². The SMILES string of the molecule is CCc1nn(C)c(C(=O)NCC(=O)NC(C)(C)C)c1N. The molecule has 0 aliphatic rings. The Morgan fingerprint density at radius 1 is 1.35 bits per heavy atom. The predicted octanol–water partition coefficient (Wildman–Crippen LogP) is 0.209. The number of rotatable bonds is 4. The third kappa shape index (κ3) is 3.97. The quantitative estimate of drug-likeness (QED) is 0.734. The molecule has 0 fully saturated rings. The molecule has 0 unspecified atom stereocenters. The lowest BCUT2D eigenvalue weighted by molar-refractivity contribution is -0.121. The monoisotopic (exact) mass is 281 g/mol. The molecule has 0 bridgehead atoms. The number of amides is 2. The lowest BCUT2D eigenvalue weighted by Gasteiger charge is -2.20. The molecule has 7 heteroatoms. The average Bonchev–Trinajstić information content (AvgIpc) is 2.59. The summed E-state index contributed by atoms with van der Waals surface area (Å²) in [7, 11) is 1.65. The highest BCUT2D eigenvalue weighted by molar-refractivity contribution is 5.99. The molecular formula is C13H23N5O2. The van der Waals surface area contributed by atoms with E-state index in [1.54, 1.807) is 7.05 Å². The van der Waals surface area contributed by atoms with E-state index in [-0.39, 0.29) is 23.7 Å². The van der Waals surface area contributed by atoms with Crippen LogP contribution in [-0.2, 0) is 18.3 Å². The molecule has 0 radical (unpaired) electrons. The maximum absolute atomic E-state index is 12.1. The number of aromatic nitrogens is 2. The van der Waals surface area contributed by atoms with Crippen LogP contribution in [0.15, 0.2) is 0 Å². The number of hydrogen-bond donors (Lipinski definition) is 3. The van der Waals surface area contributed by atoms with Gasteiger partial charge in [0, 0.05) is 12.6 Å². The van der Waals surface area contributed by atoms with Crippen molar-refractivity contribution in [2.75, 3.05) is 12.3 Å². The van der Waals surface area contributed by atoms with Crippen molar-refractivity contribution in [2.24, 2.45) is 7.05 Å². The summed E-state index contributed by atoms with van der Waals surface area (Å²) in [5.41, 5.74) is 6.87. The first-order chi connectivity index (χ1) is 9.15. The number of nitrogen functional groups attached to an aromatic ring is 1. The lowest BCUT2D eigenvalue weighted by Crippen LogP contribution is -2.46. The molecule has 0 spiro atoms. The predicted molar refractivity (Wildman–Crippen MR) is 77.2 cm³/mol. The van der Waals surface area contributed by atoms with E-state index in [1.165, 1.54) is 4.68 Å². The first-order valence-electron chi connectivity index (χ1n) is 6.56. The summed E-state index contributed by atoms with van der Waals surface area (Å²) in [6.07, 6.45) is 0.650. The maximum atomic E-state index is 12.1. The van der Waals surface area contributed by atoms with Gasteiger partial charge in [-0.15, -0.1) is 0 Å². The molecule has 0 saturated heterocycles. The van der Waals surface area contributed by atoms with Crippen molar-refractivity contribution in [3.63, 3.8) is 0 Å². The Morgan fingerprint density at radius 3 is 2.40 bits per heavy atom. The Balaban J connectivity index is 2.69. The van der Waals surface area contributed by atoms with Crippen LogP contribution in [0.2, 0.25) is 0 Å². The van der Waals surface area contributed by atoms with Gasteiger partial charge in [0.25, 0.3) is 5.91 Å². The van der Waals surface area contributed by atoms with E-state index in [1.807, 2.05) is 27.7 Å². The fourth-order valence-corrected chi connectivity index (χ4v) is 1.83. The van der Waals surface area contributed by atoms with Crippen LogP contribution < -0.4 is 16.4 Å². The third-order valence-corrected chi connectivity index (χ3v) is 2.63. The minimum absolute atomic E-state index is 0.0951. The maximum Gasteiger partial charge on any atom is 0.272 e. The van der Waals surface area contributed by atoms with Crippen LogP contribution in [0, 0.1) is 0 Å². The Bertz CT molecular complexity index is 514. The second-order valence-electron chi connectivity index (χ2n) is 5.67. The second-order valence-corrected chi connectivity index (χ2v) is 5.67. The number of anilines is 1. The Labute approximate surface area is 118 Å². The van der Waals surface area contributed by atoms with Gasteiger partial charge >= 0.3 is 0 Å². The van der Waals surface area contributed by atoms with Crippen molar-refractivity contribution in [2.45, 2.75) is 39.7 Å². The summed E-state index contributed by atoms with van der Waals surface area (Å²) >= 11 is 0. The first kappa shape index (κ1) is 16.0. The molecule has 1 aromatic rings. The van der Waals surface area contributed by atoms with E-state index in [0.29, 0.717) is 17.8 Å². The zero-order valence-corrected chi connectivity index (χ0v) is 12.7. The molecule has 0 saturated carbocycles. The van der Waals surface area contributed by atoms with E-state index in [4.69, 9.17) is 5.73 Å². The molecule has 7 nitrogen and oxygen atoms in total. The second kappa shape index (κ2) is 5.94. The van der Waals surface area contributed by atoms with Crippen molar-refractivity contribution in [1.82, 2.24) is 20.4 Å². The van der Waals surface area contributed by atoms with Crippen LogP contribution in [0.1, 0.15) is 43.9 Å². The molecule has 112 valence electrons. The van der Waals surface area contributed by atoms with Gasteiger partial charge in [0.2, 0.25) is 5.91 Å². The smallest absolute Gasteiger partial charge is 0.272 e. The van der Waals surface area contributed by atoms with Crippen molar-refractivity contribution in [3.05, 3.63) is 11.4 Å². The van der Waals surface area contributed by atoms with Gasteiger partial charge < -0.3 is 16.4 Å². The number of nitrogens with zero attached hydrogens (tertiary/aromatic N) is 2. The molecule has 20 heavy (non-hydrogen) atoms. The Kier molecular flexibility index (Phi) is 4.75. The number of hydrogen-bond acceptors (Lipinski definition) is 4. The van der Waals surface area contributed by atoms with Gasteiger partial charge in [0.05, 0.1) is 17.9 Å². The van der Waals surface area contributed by atoms with Gasteiger partial charge in [-0.3, -0.25) is 14.3 Å². The summed E-state index contributed by atoms with van der Waals surface area (Å²) < 4.78 is 1.44. The van der Waals surface area contributed by atoms with Crippen molar-refractivity contribution in [3.8, 4) is 0 Å². The van der Waals surface area contributed by atoms with E-state index in [9.17, 15) is 9.59 Å². The van der Waals surface area contributed by atoms with Crippen LogP contribution in [0.4, 0.5) is 5.69 Å². The normalized spacial score (nSPS) is 11.2. The van der Waals surface area contributed by atoms with Crippen LogP contribution in [0.25, 0.3) is 0 Å². The molecule has 4 N–H and O–H groups in total. The van der Waals surface area contributed by atoms with Crippen LogP contribution >= 0.6 is 0 Å². The summed E-state index contributed by atoms with van der Waals surface area (Å²) in [4.78, 5) is 23.7. The van der Waals surface area contributed by atoms with E-state index < -0.39 is 5.91 Å². The molecule has 0 aliphatic carbocycles. The lowest BCUT2D eigenvalue weighted by atomic mass is 10.1. The molecule has 0 atom stereocenters. The minimum Gasteiger partial charge on any atom is -0.395 e. The molecule has 0 aromatic carbocycles. The van der Waals surface area contributed by atoms with Gasteiger partial charge in [-0.1, -0.05) is 6.92 Å². The van der Waals surface area contributed by atoms with Gasteiger partial charge in [-0.25, -0.2) is 0 Å². The molecule has 0 aliphatic heterocycles. The van der Waals surface area contributed by atoms with Crippen molar-refractivity contribution < 1.29 is 9.59 Å². The number of nitrogens with two attached hydrogens (primary N) is 1. The number of aryl methyl sites for hydroxylation is 2.